The van der Waals surface area contributed by atoms with Gasteiger partial charge in [-0.25, -0.2) is 4.98 Å². The van der Waals surface area contributed by atoms with Gasteiger partial charge in [0.2, 0.25) is 11.9 Å². The molecule has 154 valence electrons. The van der Waals surface area contributed by atoms with Crippen molar-refractivity contribution in [3.05, 3.63) is 41.5 Å². The number of thioether (sulfide) groups is 1. The number of imidazole rings is 1. The second-order valence-corrected chi connectivity index (χ2v) is 7.56. The van der Waals surface area contributed by atoms with Crippen molar-refractivity contribution in [3.63, 3.8) is 0 Å². The summed E-state index contributed by atoms with van der Waals surface area (Å²) >= 11 is 1.61. The van der Waals surface area contributed by atoms with E-state index in [0.717, 1.165) is 35.9 Å². The van der Waals surface area contributed by atoms with Gasteiger partial charge in [-0.1, -0.05) is 37.2 Å². The molecule has 0 aliphatic heterocycles. The Kier molecular flexibility index (Phi) is 6.92. The van der Waals surface area contributed by atoms with Crippen LogP contribution in [0.15, 0.2) is 29.4 Å². The molecule has 0 aliphatic carbocycles. The van der Waals surface area contributed by atoms with Crippen molar-refractivity contribution in [2.24, 2.45) is 0 Å². The van der Waals surface area contributed by atoms with Gasteiger partial charge in [-0.2, -0.15) is 15.0 Å². The first kappa shape index (κ1) is 20.9. The molecule has 2 heterocycles. The maximum Gasteiger partial charge on any atom is 0.232 e. The molecule has 29 heavy (non-hydrogen) atoms. The van der Waals surface area contributed by atoms with Crippen molar-refractivity contribution in [3.8, 4) is 5.75 Å². The number of para-hydroxylation sites is 2. The van der Waals surface area contributed by atoms with E-state index in [0.29, 0.717) is 23.3 Å². The summed E-state index contributed by atoms with van der Waals surface area (Å²) in [6.07, 6.45) is 2.26. The Morgan fingerprint density at radius 3 is 2.69 bits per heavy atom. The lowest BCUT2D eigenvalue weighted by molar-refractivity contribution is 0.417. The van der Waals surface area contributed by atoms with E-state index in [4.69, 9.17) is 15.5 Å². The third kappa shape index (κ3) is 5.17. The lowest BCUT2D eigenvalue weighted by Gasteiger charge is -2.11. The molecule has 0 amide bonds. The number of rotatable bonds is 9. The molecule has 8 nitrogen and oxygen atoms in total. The highest BCUT2D eigenvalue weighted by Gasteiger charge is 2.13. The fraction of sp³-hybridized carbons (Fsp3) is 0.400. The number of methoxy groups -OCH3 is 1. The van der Waals surface area contributed by atoms with E-state index in [1.54, 1.807) is 18.9 Å². The summed E-state index contributed by atoms with van der Waals surface area (Å²) in [4.78, 5) is 17.7. The Morgan fingerprint density at radius 1 is 1.14 bits per heavy atom. The predicted molar refractivity (Wildman–Crippen MR) is 117 cm³/mol. The molecule has 3 aromatic rings. The SMILES string of the molecule is CCCCn1c(SCc2nc(N)nc(Nc3ccccc3OC)n2)nc(C)c1C. The summed E-state index contributed by atoms with van der Waals surface area (Å²) < 4.78 is 7.63. The number of aromatic nitrogens is 5. The van der Waals surface area contributed by atoms with Gasteiger partial charge in [0.15, 0.2) is 5.16 Å². The van der Waals surface area contributed by atoms with Gasteiger partial charge in [0.1, 0.15) is 11.6 Å². The molecular weight excluding hydrogens is 386 g/mol. The van der Waals surface area contributed by atoms with Crippen LogP contribution in [0.1, 0.15) is 37.0 Å². The predicted octanol–water partition coefficient (Wildman–Crippen LogP) is 4.11. The number of anilines is 3. The summed E-state index contributed by atoms with van der Waals surface area (Å²) in [6.45, 7) is 7.30. The quantitative estimate of drug-likeness (QED) is 0.505. The van der Waals surface area contributed by atoms with E-state index in [-0.39, 0.29) is 5.95 Å². The van der Waals surface area contributed by atoms with Gasteiger partial charge >= 0.3 is 0 Å². The molecule has 2 aromatic heterocycles. The molecule has 0 bridgehead atoms. The smallest absolute Gasteiger partial charge is 0.232 e. The molecule has 0 spiro atoms. The number of hydrogen-bond acceptors (Lipinski definition) is 8. The van der Waals surface area contributed by atoms with Crippen LogP contribution in [-0.4, -0.2) is 31.6 Å². The number of nitrogens with two attached hydrogens (primary N) is 1. The van der Waals surface area contributed by atoms with Crippen LogP contribution < -0.4 is 15.8 Å². The molecule has 3 rings (SSSR count). The average Bonchev–Trinajstić information content (AvgIpc) is 2.98. The number of aryl methyl sites for hydroxylation is 1. The third-order valence-electron chi connectivity index (χ3n) is 4.54. The Labute approximate surface area is 175 Å². The number of hydrogen-bond donors (Lipinski definition) is 2. The maximum atomic E-state index is 5.91. The van der Waals surface area contributed by atoms with Crippen LogP contribution in [0.4, 0.5) is 17.6 Å². The Morgan fingerprint density at radius 2 is 1.93 bits per heavy atom. The number of nitrogens with zero attached hydrogens (tertiary/aromatic N) is 5. The summed E-state index contributed by atoms with van der Waals surface area (Å²) in [6, 6.07) is 7.57. The Hall–Kier alpha value is -2.81. The Bertz CT molecular complexity index is 973. The molecule has 0 saturated heterocycles. The first-order valence-corrected chi connectivity index (χ1v) is 10.6. The van der Waals surface area contributed by atoms with Crippen molar-refractivity contribution >= 4 is 29.3 Å². The zero-order chi connectivity index (χ0) is 20.8. The van der Waals surface area contributed by atoms with Crippen LogP contribution in [0.5, 0.6) is 5.75 Å². The van der Waals surface area contributed by atoms with Crippen molar-refractivity contribution in [1.29, 1.82) is 0 Å². The lowest BCUT2D eigenvalue weighted by atomic mass is 10.3. The van der Waals surface area contributed by atoms with E-state index >= 15 is 0 Å². The second-order valence-electron chi connectivity index (χ2n) is 6.62. The van der Waals surface area contributed by atoms with Gasteiger partial charge in [0, 0.05) is 12.2 Å². The molecule has 0 saturated carbocycles. The summed E-state index contributed by atoms with van der Waals surface area (Å²) in [5.74, 6) is 2.41. The first-order valence-electron chi connectivity index (χ1n) is 9.58. The van der Waals surface area contributed by atoms with Gasteiger partial charge in [-0.15, -0.1) is 0 Å². The third-order valence-corrected chi connectivity index (χ3v) is 5.51. The zero-order valence-corrected chi connectivity index (χ0v) is 18.1. The number of unbranched alkanes of at least 4 members (excludes halogenated alkanes) is 1. The van der Waals surface area contributed by atoms with Crippen molar-refractivity contribution < 1.29 is 4.74 Å². The maximum absolute atomic E-state index is 5.91. The number of nitrogen functional groups attached to an aromatic ring is 1. The van der Waals surface area contributed by atoms with Crippen LogP contribution in [-0.2, 0) is 12.3 Å². The zero-order valence-electron chi connectivity index (χ0n) is 17.3. The second kappa shape index (κ2) is 9.60. The average molecular weight is 414 g/mol. The summed E-state index contributed by atoms with van der Waals surface area (Å²) in [5.41, 5.74) is 8.93. The van der Waals surface area contributed by atoms with Crippen molar-refractivity contribution in [1.82, 2.24) is 24.5 Å². The van der Waals surface area contributed by atoms with Crippen LogP contribution in [0.2, 0.25) is 0 Å². The highest BCUT2D eigenvalue weighted by molar-refractivity contribution is 7.98. The normalized spacial score (nSPS) is 10.9. The van der Waals surface area contributed by atoms with E-state index in [9.17, 15) is 0 Å². The van der Waals surface area contributed by atoms with Crippen molar-refractivity contribution in [2.75, 3.05) is 18.2 Å². The van der Waals surface area contributed by atoms with E-state index in [2.05, 4.69) is 38.7 Å². The van der Waals surface area contributed by atoms with Crippen molar-refractivity contribution in [2.45, 2.75) is 51.1 Å². The van der Waals surface area contributed by atoms with Gasteiger partial charge in [-0.05, 0) is 32.4 Å². The molecule has 9 heteroatoms. The lowest BCUT2D eigenvalue weighted by Crippen LogP contribution is -2.07. The van der Waals surface area contributed by atoms with Gasteiger partial charge in [0.25, 0.3) is 0 Å². The minimum absolute atomic E-state index is 0.176. The fourth-order valence-corrected chi connectivity index (χ4v) is 3.84. The van der Waals surface area contributed by atoms with Crippen LogP contribution in [0, 0.1) is 13.8 Å². The highest BCUT2D eigenvalue weighted by atomic mass is 32.2. The Balaban J connectivity index is 1.77. The fourth-order valence-electron chi connectivity index (χ4n) is 2.87. The minimum Gasteiger partial charge on any atom is -0.495 e. The van der Waals surface area contributed by atoms with Crippen LogP contribution in [0.3, 0.4) is 0 Å². The number of ether oxygens (including phenoxy) is 1. The molecule has 0 fully saturated rings. The van der Waals surface area contributed by atoms with Crippen LogP contribution in [0.25, 0.3) is 0 Å². The number of benzene rings is 1. The van der Waals surface area contributed by atoms with Gasteiger partial charge in [-0.3, -0.25) is 0 Å². The molecule has 1 aromatic carbocycles. The molecule has 0 aliphatic rings. The van der Waals surface area contributed by atoms with E-state index in [1.807, 2.05) is 31.2 Å². The summed E-state index contributed by atoms with van der Waals surface area (Å²) in [7, 11) is 1.62. The molecular formula is C20H27N7OS. The molecule has 0 unspecified atom stereocenters. The van der Waals surface area contributed by atoms with Gasteiger partial charge in [0.05, 0.1) is 24.2 Å². The number of nitrogens with one attached hydrogen (secondary N) is 1. The minimum atomic E-state index is 0.176. The monoisotopic (exact) mass is 413 g/mol. The molecule has 0 atom stereocenters. The molecule has 3 N–H and O–H groups in total. The molecule has 0 radical (unpaired) electrons. The van der Waals surface area contributed by atoms with E-state index < -0.39 is 0 Å². The topological polar surface area (TPSA) is 104 Å². The van der Waals surface area contributed by atoms with Gasteiger partial charge < -0.3 is 20.4 Å². The largest absolute Gasteiger partial charge is 0.495 e. The first-order chi connectivity index (χ1) is 14.0. The van der Waals surface area contributed by atoms with E-state index in [1.165, 1.54) is 5.69 Å². The highest BCUT2D eigenvalue weighted by Crippen LogP contribution is 2.27. The summed E-state index contributed by atoms with van der Waals surface area (Å²) in [5, 5.41) is 4.14. The standard InChI is InChI=1S/C20H27N7OS/c1-5-6-11-27-14(3)13(2)22-20(27)29-12-17-24-18(21)26-19(25-17)23-15-9-7-8-10-16(15)28-4/h7-10H,5-6,11-12H2,1-4H3,(H3,21,23,24,25,26). The van der Waals surface area contributed by atoms with Crippen LogP contribution >= 0.6 is 11.8 Å².